The molecule has 0 radical (unpaired) electrons. The van der Waals surface area contributed by atoms with Gasteiger partial charge in [-0.1, -0.05) is 44.0 Å². The fraction of sp³-hybridized carbons (Fsp3) is 0.600. The fourth-order valence-electron chi connectivity index (χ4n) is 2.17. The second-order valence-electron chi connectivity index (χ2n) is 5.11. The highest BCUT2D eigenvalue weighted by atomic mass is 32.2. The Morgan fingerprint density at radius 3 is 3.05 bits per heavy atom. The van der Waals surface area contributed by atoms with Gasteiger partial charge in [0.25, 0.3) is 0 Å². The highest BCUT2D eigenvalue weighted by Crippen LogP contribution is 2.15. The van der Waals surface area contributed by atoms with Gasteiger partial charge in [-0.05, 0) is 25.5 Å². The minimum atomic E-state index is 0.609. The summed E-state index contributed by atoms with van der Waals surface area (Å²) in [5, 5.41) is 12.9. The molecule has 2 heterocycles. The van der Waals surface area contributed by atoms with Gasteiger partial charge in [-0.15, -0.1) is 10.2 Å². The van der Waals surface area contributed by atoms with E-state index >= 15 is 0 Å². The highest BCUT2D eigenvalue weighted by molar-refractivity contribution is 7.99. The predicted octanol–water partition coefficient (Wildman–Crippen LogP) is 3.38. The van der Waals surface area contributed by atoms with Crippen LogP contribution in [0.3, 0.4) is 0 Å². The van der Waals surface area contributed by atoms with Crippen molar-refractivity contribution in [2.45, 2.75) is 50.7 Å². The van der Waals surface area contributed by atoms with E-state index in [1.54, 1.807) is 11.8 Å². The molecule has 0 amide bonds. The lowest BCUT2D eigenvalue weighted by atomic mass is 10.1. The van der Waals surface area contributed by atoms with Crippen molar-refractivity contribution in [3.05, 3.63) is 24.4 Å². The van der Waals surface area contributed by atoms with Crippen LogP contribution in [-0.2, 0) is 0 Å². The molecule has 20 heavy (non-hydrogen) atoms. The van der Waals surface area contributed by atoms with Crippen molar-refractivity contribution in [2.75, 3.05) is 12.3 Å². The summed E-state index contributed by atoms with van der Waals surface area (Å²) in [6.45, 7) is 5.53. The van der Waals surface area contributed by atoms with Crippen molar-refractivity contribution < 1.29 is 0 Å². The first-order valence-corrected chi connectivity index (χ1v) is 8.45. The Kier molecular flexibility index (Phi) is 6.33. The number of pyridine rings is 1. The summed E-state index contributed by atoms with van der Waals surface area (Å²) in [4.78, 5) is 0. The number of aromatic nitrogens is 3. The monoisotopic (exact) mass is 292 g/mol. The average molecular weight is 292 g/mol. The van der Waals surface area contributed by atoms with Crippen LogP contribution in [0.2, 0.25) is 0 Å². The fourth-order valence-corrected chi connectivity index (χ4v) is 2.96. The van der Waals surface area contributed by atoms with Crippen molar-refractivity contribution in [3.8, 4) is 0 Å². The zero-order valence-electron chi connectivity index (χ0n) is 12.4. The van der Waals surface area contributed by atoms with Gasteiger partial charge in [-0.2, -0.15) is 0 Å². The van der Waals surface area contributed by atoms with Crippen LogP contribution in [0.25, 0.3) is 5.65 Å². The third-order valence-electron chi connectivity index (χ3n) is 3.35. The van der Waals surface area contributed by atoms with E-state index in [9.17, 15) is 0 Å². The molecule has 0 aliphatic carbocycles. The lowest BCUT2D eigenvalue weighted by Gasteiger charge is -2.12. The number of hydrogen-bond acceptors (Lipinski definition) is 4. The molecule has 0 saturated carbocycles. The first-order valence-electron chi connectivity index (χ1n) is 7.47. The average Bonchev–Trinajstić information content (AvgIpc) is 2.87. The number of nitrogens with one attached hydrogen (secondary N) is 1. The first kappa shape index (κ1) is 15.3. The molecule has 2 aromatic rings. The summed E-state index contributed by atoms with van der Waals surface area (Å²) < 4.78 is 2.04. The van der Waals surface area contributed by atoms with Crippen LogP contribution in [0.4, 0.5) is 0 Å². The first-order chi connectivity index (χ1) is 9.81. The number of thioether (sulfide) groups is 1. The molecule has 2 aromatic heterocycles. The Morgan fingerprint density at radius 1 is 1.30 bits per heavy atom. The van der Waals surface area contributed by atoms with Crippen LogP contribution in [0.15, 0.2) is 29.6 Å². The minimum Gasteiger partial charge on any atom is -0.313 e. The third-order valence-corrected chi connectivity index (χ3v) is 4.29. The Bertz CT molecular complexity index is 511. The lowest BCUT2D eigenvalue weighted by molar-refractivity contribution is 0.502. The van der Waals surface area contributed by atoms with Crippen LogP contribution in [0, 0.1) is 0 Å². The molecule has 0 bridgehead atoms. The smallest absolute Gasteiger partial charge is 0.195 e. The van der Waals surface area contributed by atoms with E-state index in [0.717, 1.165) is 23.1 Å². The second kappa shape index (κ2) is 8.27. The summed E-state index contributed by atoms with van der Waals surface area (Å²) in [6.07, 6.45) is 7.24. The molecular weight excluding hydrogens is 268 g/mol. The summed E-state index contributed by atoms with van der Waals surface area (Å²) in [7, 11) is 0. The number of rotatable bonds is 9. The van der Waals surface area contributed by atoms with Crippen molar-refractivity contribution >= 4 is 17.4 Å². The SMILES string of the molecule is CCCCCC(C)NCCSc1nnc2ccccn12. The lowest BCUT2D eigenvalue weighted by Crippen LogP contribution is -2.28. The molecule has 4 nitrogen and oxygen atoms in total. The molecule has 1 atom stereocenters. The highest BCUT2D eigenvalue weighted by Gasteiger charge is 2.05. The number of nitrogens with zero attached hydrogens (tertiary/aromatic N) is 3. The summed E-state index contributed by atoms with van der Waals surface area (Å²) in [5.41, 5.74) is 0.913. The van der Waals surface area contributed by atoms with Crippen molar-refractivity contribution in [3.63, 3.8) is 0 Å². The summed E-state index contributed by atoms with van der Waals surface area (Å²) in [6, 6.07) is 6.58. The molecule has 0 aromatic carbocycles. The largest absolute Gasteiger partial charge is 0.313 e. The molecule has 0 aliphatic rings. The molecule has 0 aliphatic heterocycles. The van der Waals surface area contributed by atoms with Gasteiger partial charge in [0, 0.05) is 24.5 Å². The third kappa shape index (κ3) is 4.49. The summed E-state index contributed by atoms with van der Waals surface area (Å²) in [5.74, 6) is 1.02. The van der Waals surface area contributed by atoms with Gasteiger partial charge < -0.3 is 5.32 Å². The molecule has 0 spiro atoms. The number of unbranched alkanes of at least 4 members (excludes halogenated alkanes) is 2. The van der Waals surface area contributed by atoms with Crippen molar-refractivity contribution in [2.24, 2.45) is 0 Å². The number of fused-ring (bicyclic) bond motifs is 1. The van der Waals surface area contributed by atoms with E-state index in [4.69, 9.17) is 0 Å². The van der Waals surface area contributed by atoms with E-state index in [1.165, 1.54) is 25.7 Å². The maximum absolute atomic E-state index is 4.22. The van der Waals surface area contributed by atoms with Gasteiger partial charge in [0.2, 0.25) is 0 Å². The predicted molar refractivity (Wildman–Crippen MR) is 85.3 cm³/mol. The molecule has 1 N–H and O–H groups in total. The molecule has 5 heteroatoms. The topological polar surface area (TPSA) is 42.2 Å². The van der Waals surface area contributed by atoms with Crippen molar-refractivity contribution in [1.29, 1.82) is 0 Å². The zero-order valence-corrected chi connectivity index (χ0v) is 13.2. The Morgan fingerprint density at radius 2 is 2.20 bits per heavy atom. The van der Waals surface area contributed by atoms with Gasteiger partial charge >= 0.3 is 0 Å². The minimum absolute atomic E-state index is 0.609. The van der Waals surface area contributed by atoms with Crippen LogP contribution in [0.1, 0.15) is 39.5 Å². The maximum Gasteiger partial charge on any atom is 0.195 e. The molecule has 1 unspecified atom stereocenters. The van der Waals surface area contributed by atoms with Crippen LogP contribution in [0.5, 0.6) is 0 Å². The van der Waals surface area contributed by atoms with E-state index in [1.807, 2.05) is 28.8 Å². The quantitative estimate of drug-likeness (QED) is 0.568. The molecule has 0 fully saturated rings. The van der Waals surface area contributed by atoms with E-state index in [2.05, 4.69) is 29.4 Å². The Labute approximate surface area is 125 Å². The van der Waals surface area contributed by atoms with E-state index in [-0.39, 0.29) is 0 Å². The zero-order chi connectivity index (χ0) is 14.2. The van der Waals surface area contributed by atoms with Gasteiger partial charge in [0.05, 0.1) is 0 Å². The number of hydrogen-bond donors (Lipinski definition) is 1. The Balaban J connectivity index is 1.68. The van der Waals surface area contributed by atoms with Crippen LogP contribution >= 0.6 is 11.8 Å². The van der Waals surface area contributed by atoms with Gasteiger partial charge in [0.15, 0.2) is 10.8 Å². The molecular formula is C15H24N4S. The second-order valence-corrected chi connectivity index (χ2v) is 6.17. The molecule has 0 saturated heterocycles. The normalized spacial score (nSPS) is 12.9. The maximum atomic E-state index is 4.22. The van der Waals surface area contributed by atoms with Gasteiger partial charge in [-0.3, -0.25) is 4.40 Å². The van der Waals surface area contributed by atoms with Gasteiger partial charge in [-0.25, -0.2) is 0 Å². The Hall–Kier alpha value is -1.07. The van der Waals surface area contributed by atoms with Crippen LogP contribution < -0.4 is 5.32 Å². The van der Waals surface area contributed by atoms with E-state index < -0.39 is 0 Å². The van der Waals surface area contributed by atoms with Gasteiger partial charge in [0.1, 0.15) is 0 Å². The van der Waals surface area contributed by atoms with E-state index in [0.29, 0.717) is 6.04 Å². The van der Waals surface area contributed by atoms with Crippen LogP contribution in [-0.4, -0.2) is 32.9 Å². The molecule has 110 valence electrons. The standard InChI is InChI=1S/C15H24N4S/c1-3-4-5-8-13(2)16-10-12-20-15-18-17-14-9-6-7-11-19(14)15/h6-7,9,11,13,16H,3-5,8,10,12H2,1-2H3. The molecule has 2 rings (SSSR count). The van der Waals surface area contributed by atoms with Crippen molar-refractivity contribution in [1.82, 2.24) is 19.9 Å². The summed E-state index contributed by atoms with van der Waals surface area (Å²) >= 11 is 1.75.